The van der Waals surface area contributed by atoms with Crippen molar-refractivity contribution in [3.63, 3.8) is 0 Å². The average molecular weight is 459 g/mol. The molecule has 0 bridgehead atoms. The normalized spacial score (nSPS) is 15.0. The molecule has 6 nitrogen and oxygen atoms in total. The van der Waals surface area contributed by atoms with Crippen molar-refractivity contribution in [2.75, 3.05) is 38.2 Å². The first-order chi connectivity index (χ1) is 15.0. The molecule has 1 atom stereocenters. The van der Waals surface area contributed by atoms with Crippen molar-refractivity contribution in [3.05, 3.63) is 77.2 Å². The van der Waals surface area contributed by atoms with Crippen LogP contribution in [0.1, 0.15) is 16.3 Å². The van der Waals surface area contributed by atoms with Gasteiger partial charge in [-0.25, -0.2) is 0 Å². The first-order valence-corrected chi connectivity index (χ1v) is 11.6. The quantitative estimate of drug-likeness (QED) is 0.553. The van der Waals surface area contributed by atoms with Gasteiger partial charge in [-0.05, 0) is 60.7 Å². The van der Waals surface area contributed by atoms with Gasteiger partial charge in [0, 0.05) is 41.8 Å². The summed E-state index contributed by atoms with van der Waals surface area (Å²) >= 11 is 5.96. The lowest BCUT2D eigenvalue weighted by Crippen LogP contribution is -2.48. The average Bonchev–Trinajstić information content (AvgIpc) is 3.27. The number of halogens is 1. The second-order valence-corrected chi connectivity index (χ2v) is 9.07. The molecule has 1 unspecified atom stereocenters. The van der Waals surface area contributed by atoms with Gasteiger partial charge in [-0.3, -0.25) is 9.00 Å². The maximum Gasteiger partial charge on any atom is 0.289 e. The van der Waals surface area contributed by atoms with Crippen molar-refractivity contribution in [3.8, 4) is 5.75 Å². The van der Waals surface area contributed by atoms with Crippen LogP contribution >= 0.6 is 11.6 Å². The Kier molecular flexibility index (Phi) is 6.63. The van der Waals surface area contributed by atoms with E-state index in [1.165, 1.54) is 0 Å². The van der Waals surface area contributed by atoms with Crippen molar-refractivity contribution in [1.29, 1.82) is 0 Å². The highest BCUT2D eigenvalue weighted by Crippen LogP contribution is 2.22. The van der Waals surface area contributed by atoms with E-state index in [2.05, 4.69) is 4.90 Å². The fourth-order valence-corrected chi connectivity index (χ4v) is 4.63. The predicted molar refractivity (Wildman–Crippen MR) is 121 cm³/mol. The lowest BCUT2D eigenvalue weighted by molar-refractivity contribution is 0.0713. The molecule has 0 saturated carbocycles. The topological polar surface area (TPSA) is 63.0 Å². The third-order valence-electron chi connectivity index (χ3n) is 5.23. The molecule has 162 valence electrons. The SMILES string of the molecule is COc1ccc(S(=O)Cc2ccc(C(=O)N3CCN(c4ccc(Cl)cc4)CC3)o2)cc1. The number of benzene rings is 2. The van der Waals surface area contributed by atoms with Crippen molar-refractivity contribution >= 4 is 34.0 Å². The van der Waals surface area contributed by atoms with E-state index < -0.39 is 10.8 Å². The lowest BCUT2D eigenvalue weighted by atomic mass is 10.2. The van der Waals surface area contributed by atoms with Crippen LogP contribution in [0.3, 0.4) is 0 Å². The maximum absolute atomic E-state index is 12.8. The highest BCUT2D eigenvalue weighted by Gasteiger charge is 2.24. The minimum Gasteiger partial charge on any atom is -0.497 e. The van der Waals surface area contributed by atoms with Crippen LogP contribution in [0.4, 0.5) is 5.69 Å². The van der Waals surface area contributed by atoms with E-state index in [4.69, 9.17) is 20.8 Å². The van der Waals surface area contributed by atoms with Crippen LogP contribution in [-0.2, 0) is 16.6 Å². The van der Waals surface area contributed by atoms with Crippen molar-refractivity contribution in [2.45, 2.75) is 10.6 Å². The van der Waals surface area contributed by atoms with Gasteiger partial charge in [-0.15, -0.1) is 0 Å². The Morgan fingerprint density at radius 2 is 1.68 bits per heavy atom. The lowest BCUT2D eigenvalue weighted by Gasteiger charge is -2.35. The molecule has 4 rings (SSSR count). The summed E-state index contributed by atoms with van der Waals surface area (Å²) in [7, 11) is 0.321. The number of piperazine rings is 1. The number of ether oxygens (including phenoxy) is 1. The molecule has 1 amide bonds. The van der Waals surface area contributed by atoms with Gasteiger partial charge in [-0.1, -0.05) is 11.6 Å². The number of nitrogens with zero attached hydrogens (tertiary/aromatic N) is 2. The molecule has 1 aliphatic rings. The summed E-state index contributed by atoms with van der Waals surface area (Å²) in [5, 5.41) is 0.708. The zero-order chi connectivity index (χ0) is 21.8. The molecule has 1 fully saturated rings. The summed E-state index contributed by atoms with van der Waals surface area (Å²) in [5.41, 5.74) is 1.10. The molecule has 1 aromatic heterocycles. The van der Waals surface area contributed by atoms with Crippen LogP contribution in [0.5, 0.6) is 5.75 Å². The summed E-state index contributed by atoms with van der Waals surface area (Å²) in [4.78, 5) is 17.5. The molecule has 0 N–H and O–H groups in total. The second-order valence-electron chi connectivity index (χ2n) is 7.19. The van der Waals surface area contributed by atoms with Gasteiger partial charge in [0.05, 0.1) is 23.7 Å². The van der Waals surface area contributed by atoms with Gasteiger partial charge >= 0.3 is 0 Å². The van der Waals surface area contributed by atoms with Crippen molar-refractivity contribution in [1.82, 2.24) is 4.90 Å². The minimum absolute atomic E-state index is 0.141. The molecule has 0 aliphatic carbocycles. The third kappa shape index (κ3) is 5.11. The first kappa shape index (κ1) is 21.5. The molecule has 1 aliphatic heterocycles. The minimum atomic E-state index is -1.27. The summed E-state index contributed by atoms with van der Waals surface area (Å²) in [6.45, 7) is 2.69. The third-order valence-corrected chi connectivity index (χ3v) is 6.82. The molecule has 2 aromatic carbocycles. The number of rotatable bonds is 6. The number of anilines is 1. The van der Waals surface area contributed by atoms with Crippen LogP contribution in [0.2, 0.25) is 5.02 Å². The summed E-state index contributed by atoms with van der Waals surface area (Å²) < 4.78 is 23.4. The van der Waals surface area contributed by atoms with Gasteiger partial charge in [0.2, 0.25) is 0 Å². The monoisotopic (exact) mass is 458 g/mol. The van der Waals surface area contributed by atoms with Crippen molar-refractivity contribution < 1.29 is 18.2 Å². The number of methoxy groups -OCH3 is 1. The van der Waals surface area contributed by atoms with Gasteiger partial charge in [0.1, 0.15) is 11.5 Å². The van der Waals surface area contributed by atoms with Crippen LogP contribution in [0.15, 0.2) is 70.0 Å². The number of carbonyl (C=O) groups excluding carboxylic acids is 1. The van der Waals surface area contributed by atoms with Gasteiger partial charge in [-0.2, -0.15) is 0 Å². The van der Waals surface area contributed by atoms with E-state index in [-0.39, 0.29) is 17.4 Å². The highest BCUT2D eigenvalue weighted by atomic mass is 35.5. The Morgan fingerprint density at radius 1 is 1.00 bits per heavy atom. The number of carbonyl (C=O) groups is 1. The van der Waals surface area contributed by atoms with Crippen LogP contribution in [0.25, 0.3) is 0 Å². The van der Waals surface area contributed by atoms with E-state index in [1.807, 2.05) is 24.3 Å². The highest BCUT2D eigenvalue weighted by molar-refractivity contribution is 7.84. The number of hydrogen-bond acceptors (Lipinski definition) is 5. The zero-order valence-electron chi connectivity index (χ0n) is 17.1. The zero-order valence-corrected chi connectivity index (χ0v) is 18.7. The Morgan fingerprint density at radius 3 is 2.32 bits per heavy atom. The van der Waals surface area contributed by atoms with Crippen LogP contribution in [-0.4, -0.2) is 48.3 Å². The largest absolute Gasteiger partial charge is 0.497 e. The maximum atomic E-state index is 12.8. The van der Waals surface area contributed by atoms with E-state index in [0.717, 1.165) is 18.8 Å². The number of amides is 1. The van der Waals surface area contributed by atoms with Gasteiger partial charge in [0.25, 0.3) is 5.91 Å². The van der Waals surface area contributed by atoms with E-state index in [9.17, 15) is 9.00 Å². The molecule has 3 aromatic rings. The first-order valence-electron chi connectivity index (χ1n) is 9.94. The molecular weight excluding hydrogens is 436 g/mol. The smallest absolute Gasteiger partial charge is 0.289 e. The summed E-state index contributed by atoms with van der Waals surface area (Å²) in [6, 6.07) is 18.2. The standard InChI is InChI=1S/C23H23ClN2O4S/c1-29-19-6-9-21(10-7-19)31(28)16-20-8-11-22(30-20)23(27)26-14-12-25(13-15-26)18-4-2-17(24)3-5-18/h2-11H,12-16H2,1H3. The van der Waals surface area contributed by atoms with Crippen LogP contribution in [0, 0.1) is 0 Å². The molecular formula is C23H23ClN2O4S. The Hall–Kier alpha value is -2.77. The Labute approximate surface area is 188 Å². The van der Waals surface area contributed by atoms with Gasteiger partial charge < -0.3 is 19.0 Å². The Bertz CT molecular complexity index is 1060. The van der Waals surface area contributed by atoms with E-state index >= 15 is 0 Å². The predicted octanol–water partition coefficient (Wildman–Crippen LogP) is 4.21. The summed E-state index contributed by atoms with van der Waals surface area (Å²) in [6.07, 6.45) is 0. The van der Waals surface area contributed by atoms with E-state index in [1.54, 1.807) is 48.4 Å². The van der Waals surface area contributed by atoms with Crippen molar-refractivity contribution in [2.24, 2.45) is 0 Å². The molecule has 1 saturated heterocycles. The molecule has 8 heteroatoms. The van der Waals surface area contributed by atoms with Gasteiger partial charge in [0.15, 0.2) is 5.76 Å². The molecule has 31 heavy (non-hydrogen) atoms. The molecule has 0 spiro atoms. The van der Waals surface area contributed by atoms with Crippen LogP contribution < -0.4 is 9.64 Å². The summed E-state index contributed by atoms with van der Waals surface area (Å²) in [5.74, 6) is 1.59. The van der Waals surface area contributed by atoms with E-state index in [0.29, 0.717) is 34.5 Å². The fourth-order valence-electron chi connectivity index (χ4n) is 3.49. The molecule has 0 radical (unpaired) electrons. The Balaban J connectivity index is 1.34. The second kappa shape index (κ2) is 9.58. The number of hydrogen-bond donors (Lipinski definition) is 0. The fraction of sp³-hybridized carbons (Fsp3) is 0.261. The number of furan rings is 1. The molecule has 2 heterocycles.